The number of hydrogen-bond donors (Lipinski definition) is 1. The van der Waals surface area contributed by atoms with Crippen molar-refractivity contribution in [3.05, 3.63) is 47.0 Å². The minimum absolute atomic E-state index is 0.244. The zero-order valence-corrected chi connectivity index (χ0v) is 11.5. The van der Waals surface area contributed by atoms with Gasteiger partial charge in [-0.2, -0.15) is 5.10 Å². The van der Waals surface area contributed by atoms with E-state index >= 15 is 0 Å². The van der Waals surface area contributed by atoms with Crippen LogP contribution in [0.5, 0.6) is 5.75 Å². The van der Waals surface area contributed by atoms with Gasteiger partial charge < -0.3 is 9.84 Å². The molecule has 1 aliphatic rings. The lowest BCUT2D eigenvalue weighted by molar-refractivity contribution is 0.0649. The van der Waals surface area contributed by atoms with E-state index in [0.29, 0.717) is 17.7 Å². The van der Waals surface area contributed by atoms with E-state index in [-0.39, 0.29) is 11.9 Å². The maximum Gasteiger partial charge on any atom is 0.130 e. The number of aromatic nitrogens is 2. The van der Waals surface area contributed by atoms with Crippen molar-refractivity contribution in [3.63, 3.8) is 0 Å². The molecule has 1 aromatic carbocycles. The number of rotatable bonds is 2. The van der Waals surface area contributed by atoms with Crippen LogP contribution >= 0.6 is 0 Å². The van der Waals surface area contributed by atoms with Gasteiger partial charge in [0.2, 0.25) is 0 Å². The predicted molar refractivity (Wildman–Crippen MR) is 71.9 cm³/mol. The van der Waals surface area contributed by atoms with Crippen molar-refractivity contribution in [2.24, 2.45) is 7.05 Å². The first-order valence-corrected chi connectivity index (χ1v) is 6.75. The van der Waals surface area contributed by atoms with Gasteiger partial charge in [0.25, 0.3) is 0 Å². The van der Waals surface area contributed by atoms with Gasteiger partial charge in [-0.15, -0.1) is 0 Å². The second-order valence-corrected chi connectivity index (χ2v) is 5.10. The van der Waals surface area contributed by atoms with E-state index in [9.17, 15) is 9.50 Å². The van der Waals surface area contributed by atoms with E-state index in [1.807, 2.05) is 20.2 Å². The Bertz CT molecular complexity index is 639. The van der Waals surface area contributed by atoms with Crippen LogP contribution in [0.15, 0.2) is 24.4 Å². The maximum absolute atomic E-state index is 13.2. The fraction of sp³-hybridized carbons (Fsp3) is 0.400. The second-order valence-electron chi connectivity index (χ2n) is 5.10. The zero-order chi connectivity index (χ0) is 14.3. The summed E-state index contributed by atoms with van der Waals surface area (Å²) in [4.78, 5) is 0. The third kappa shape index (κ3) is 2.18. The van der Waals surface area contributed by atoms with E-state index in [2.05, 4.69) is 5.10 Å². The van der Waals surface area contributed by atoms with Gasteiger partial charge in [-0.05, 0) is 24.6 Å². The summed E-state index contributed by atoms with van der Waals surface area (Å²) < 4.78 is 20.9. The highest BCUT2D eigenvalue weighted by molar-refractivity contribution is 5.39. The molecule has 5 heteroatoms. The van der Waals surface area contributed by atoms with Crippen LogP contribution in [-0.4, -0.2) is 14.9 Å². The minimum atomic E-state index is -0.718. The molecule has 0 amide bonds. The highest BCUT2D eigenvalue weighted by Gasteiger charge is 2.30. The molecule has 1 unspecified atom stereocenters. The van der Waals surface area contributed by atoms with Crippen LogP contribution < -0.4 is 4.74 Å². The van der Waals surface area contributed by atoms with Crippen LogP contribution in [0.25, 0.3) is 0 Å². The Kier molecular flexibility index (Phi) is 3.22. The summed E-state index contributed by atoms with van der Waals surface area (Å²) in [5.74, 6) is 0.182. The van der Waals surface area contributed by atoms with Crippen LogP contribution in [0.3, 0.4) is 0 Å². The molecule has 0 spiro atoms. The fourth-order valence-electron chi connectivity index (χ4n) is 2.71. The quantitative estimate of drug-likeness (QED) is 0.917. The topological polar surface area (TPSA) is 47.3 Å². The van der Waals surface area contributed by atoms with E-state index < -0.39 is 6.10 Å². The molecule has 1 aliphatic heterocycles. The van der Waals surface area contributed by atoms with Crippen molar-refractivity contribution in [1.82, 2.24) is 9.78 Å². The van der Waals surface area contributed by atoms with Crippen LogP contribution in [0.2, 0.25) is 0 Å². The lowest BCUT2D eigenvalue weighted by Crippen LogP contribution is -2.19. The Hall–Kier alpha value is -1.88. The fourth-order valence-corrected chi connectivity index (χ4v) is 2.71. The first-order valence-electron chi connectivity index (χ1n) is 6.75. The number of hydrogen-bond acceptors (Lipinski definition) is 3. The Balaban J connectivity index is 1.96. The summed E-state index contributed by atoms with van der Waals surface area (Å²) in [6.07, 6.45) is 2.18. The number of aryl methyl sites for hydroxylation is 2. The average molecular weight is 276 g/mol. The van der Waals surface area contributed by atoms with Gasteiger partial charge in [-0.1, -0.05) is 6.92 Å². The highest BCUT2D eigenvalue weighted by atomic mass is 19.1. The summed E-state index contributed by atoms with van der Waals surface area (Å²) in [6, 6.07) is 4.25. The number of fused-ring (bicyclic) bond motifs is 1. The third-order valence-corrected chi connectivity index (χ3v) is 3.66. The summed E-state index contributed by atoms with van der Waals surface area (Å²) in [5, 5.41) is 14.6. The summed E-state index contributed by atoms with van der Waals surface area (Å²) in [7, 11) is 1.87. The second kappa shape index (κ2) is 4.90. The number of halogens is 1. The number of aliphatic hydroxyl groups excluding tert-OH is 1. The number of benzene rings is 1. The molecule has 20 heavy (non-hydrogen) atoms. The molecule has 2 atom stereocenters. The van der Waals surface area contributed by atoms with Crippen LogP contribution in [0, 0.1) is 5.82 Å². The van der Waals surface area contributed by atoms with E-state index in [1.165, 1.54) is 12.1 Å². The maximum atomic E-state index is 13.2. The molecule has 0 saturated carbocycles. The van der Waals surface area contributed by atoms with Gasteiger partial charge in [0.05, 0.1) is 11.8 Å². The molecule has 0 radical (unpaired) electrons. The summed E-state index contributed by atoms with van der Waals surface area (Å²) in [5.41, 5.74) is 2.47. The van der Waals surface area contributed by atoms with Crippen molar-refractivity contribution < 1.29 is 14.2 Å². The molecule has 106 valence electrons. The molecule has 2 aromatic rings. The standard InChI is InChI=1S/C15H17FN2O2/c1-3-12-11(8-18(2)17-12)15-7-13(19)10-6-9(16)4-5-14(10)20-15/h4-6,8,13,15,19H,3,7H2,1-2H3/t13-,15?/m1/s1. The third-order valence-electron chi connectivity index (χ3n) is 3.66. The van der Waals surface area contributed by atoms with Crippen molar-refractivity contribution in [2.45, 2.75) is 32.0 Å². The largest absolute Gasteiger partial charge is 0.485 e. The van der Waals surface area contributed by atoms with Gasteiger partial charge in [-0.25, -0.2) is 4.39 Å². The molecule has 0 bridgehead atoms. The summed E-state index contributed by atoms with van der Waals surface area (Å²) >= 11 is 0. The number of nitrogens with zero attached hydrogens (tertiary/aromatic N) is 2. The van der Waals surface area contributed by atoms with Crippen molar-refractivity contribution in [1.29, 1.82) is 0 Å². The predicted octanol–water partition coefficient (Wildman–Crippen LogP) is 2.68. The summed E-state index contributed by atoms with van der Waals surface area (Å²) in [6.45, 7) is 2.04. The first-order chi connectivity index (χ1) is 9.58. The molecule has 1 aromatic heterocycles. The van der Waals surface area contributed by atoms with Gasteiger partial charge in [0, 0.05) is 30.8 Å². The molecule has 0 saturated heterocycles. The van der Waals surface area contributed by atoms with E-state index in [1.54, 1.807) is 10.7 Å². The van der Waals surface area contributed by atoms with Crippen LogP contribution in [0.1, 0.15) is 42.4 Å². The zero-order valence-electron chi connectivity index (χ0n) is 11.5. The van der Waals surface area contributed by atoms with Gasteiger partial charge >= 0.3 is 0 Å². The SMILES string of the molecule is CCc1nn(C)cc1C1C[C@@H](O)c2cc(F)ccc2O1. The van der Waals surface area contributed by atoms with E-state index in [0.717, 1.165) is 17.7 Å². The van der Waals surface area contributed by atoms with Gasteiger partial charge in [0.1, 0.15) is 17.7 Å². The molecule has 0 fully saturated rings. The van der Waals surface area contributed by atoms with Crippen molar-refractivity contribution >= 4 is 0 Å². The molecule has 3 rings (SSSR count). The lowest BCUT2D eigenvalue weighted by Gasteiger charge is -2.29. The molecule has 4 nitrogen and oxygen atoms in total. The van der Waals surface area contributed by atoms with Crippen LogP contribution in [0.4, 0.5) is 4.39 Å². The minimum Gasteiger partial charge on any atom is -0.485 e. The van der Waals surface area contributed by atoms with Crippen molar-refractivity contribution in [3.8, 4) is 5.75 Å². The molecule has 2 heterocycles. The smallest absolute Gasteiger partial charge is 0.130 e. The van der Waals surface area contributed by atoms with E-state index in [4.69, 9.17) is 4.74 Å². The average Bonchev–Trinajstić information content (AvgIpc) is 2.80. The molecular weight excluding hydrogens is 259 g/mol. The Morgan fingerprint density at radius 3 is 3.00 bits per heavy atom. The Labute approximate surface area is 116 Å². The number of aliphatic hydroxyl groups is 1. The van der Waals surface area contributed by atoms with Gasteiger partial charge in [-0.3, -0.25) is 4.68 Å². The first kappa shape index (κ1) is 13.1. The van der Waals surface area contributed by atoms with Gasteiger partial charge in [0.15, 0.2) is 0 Å². The highest BCUT2D eigenvalue weighted by Crippen LogP contribution is 2.41. The molecule has 0 aliphatic carbocycles. The normalized spacial score (nSPS) is 21.4. The van der Waals surface area contributed by atoms with Crippen LogP contribution in [-0.2, 0) is 13.5 Å². The Morgan fingerprint density at radius 1 is 1.45 bits per heavy atom. The monoisotopic (exact) mass is 276 g/mol. The molecule has 1 N–H and O–H groups in total. The molecular formula is C15H17FN2O2. The number of ether oxygens (including phenoxy) is 1. The Morgan fingerprint density at radius 2 is 2.25 bits per heavy atom. The van der Waals surface area contributed by atoms with Crippen molar-refractivity contribution in [2.75, 3.05) is 0 Å². The lowest BCUT2D eigenvalue weighted by atomic mass is 9.95.